The van der Waals surface area contributed by atoms with Crippen LogP contribution in [0.15, 0.2) is 53.6 Å². The van der Waals surface area contributed by atoms with Crippen molar-refractivity contribution in [3.63, 3.8) is 0 Å². The number of hydrogen-bond donors (Lipinski definition) is 2. The molecular formula is C17H14N4O3. The molecule has 0 atom stereocenters. The molecule has 7 heteroatoms. The quantitative estimate of drug-likeness (QED) is 0.437. The van der Waals surface area contributed by atoms with E-state index in [0.717, 1.165) is 16.5 Å². The zero-order chi connectivity index (χ0) is 16.9. The van der Waals surface area contributed by atoms with Crippen molar-refractivity contribution in [2.75, 3.05) is 7.11 Å². The second kappa shape index (κ2) is 6.74. The van der Waals surface area contributed by atoms with Gasteiger partial charge in [-0.15, -0.1) is 0 Å². The van der Waals surface area contributed by atoms with Crippen molar-refractivity contribution in [1.29, 1.82) is 0 Å². The number of fused-ring (bicyclic) bond motifs is 1. The lowest BCUT2D eigenvalue weighted by Crippen LogP contribution is -2.18. The number of benzene rings is 2. The van der Waals surface area contributed by atoms with E-state index in [9.17, 15) is 9.59 Å². The normalized spacial score (nSPS) is 10.9. The highest BCUT2D eigenvalue weighted by Gasteiger charge is 2.12. The molecule has 2 N–H and O–H groups in total. The van der Waals surface area contributed by atoms with Gasteiger partial charge in [-0.3, -0.25) is 9.89 Å². The smallest absolute Gasteiger partial charge is 0.337 e. The topological polar surface area (TPSA) is 96.4 Å². The molecular weight excluding hydrogens is 308 g/mol. The lowest BCUT2D eigenvalue weighted by Gasteiger charge is -1.99. The van der Waals surface area contributed by atoms with Crippen LogP contribution in [0.5, 0.6) is 0 Å². The fourth-order valence-corrected chi connectivity index (χ4v) is 2.18. The van der Waals surface area contributed by atoms with E-state index in [1.165, 1.54) is 13.3 Å². The predicted octanol–water partition coefficient (Wildman–Crippen LogP) is 2.11. The largest absolute Gasteiger partial charge is 0.465 e. The molecule has 0 aliphatic rings. The summed E-state index contributed by atoms with van der Waals surface area (Å²) in [6, 6.07) is 14.0. The summed E-state index contributed by atoms with van der Waals surface area (Å²) >= 11 is 0. The van der Waals surface area contributed by atoms with Gasteiger partial charge in [-0.05, 0) is 23.8 Å². The average molecular weight is 322 g/mol. The van der Waals surface area contributed by atoms with Crippen molar-refractivity contribution in [2.45, 2.75) is 0 Å². The highest BCUT2D eigenvalue weighted by Crippen LogP contribution is 2.14. The Labute approximate surface area is 137 Å². The van der Waals surface area contributed by atoms with E-state index in [1.807, 2.05) is 24.3 Å². The lowest BCUT2D eigenvalue weighted by atomic mass is 10.1. The summed E-state index contributed by atoms with van der Waals surface area (Å²) in [6.45, 7) is 0. The lowest BCUT2D eigenvalue weighted by molar-refractivity contribution is 0.0600. The number of ether oxygens (including phenoxy) is 1. The number of aromatic nitrogens is 2. The number of methoxy groups -OCH3 is 1. The molecule has 1 heterocycles. The third kappa shape index (κ3) is 3.14. The number of amides is 1. The van der Waals surface area contributed by atoms with Gasteiger partial charge in [0.15, 0.2) is 5.69 Å². The minimum Gasteiger partial charge on any atom is -0.465 e. The summed E-state index contributed by atoms with van der Waals surface area (Å²) in [4.78, 5) is 23.5. The summed E-state index contributed by atoms with van der Waals surface area (Å²) in [7, 11) is 1.33. The maximum Gasteiger partial charge on any atom is 0.337 e. The third-order valence-electron chi connectivity index (χ3n) is 3.40. The Balaban J connectivity index is 1.67. The van der Waals surface area contributed by atoms with Crippen LogP contribution >= 0.6 is 0 Å². The van der Waals surface area contributed by atoms with Gasteiger partial charge < -0.3 is 4.74 Å². The van der Waals surface area contributed by atoms with E-state index in [0.29, 0.717) is 5.56 Å². The zero-order valence-electron chi connectivity index (χ0n) is 12.8. The Morgan fingerprint density at radius 1 is 1.17 bits per heavy atom. The van der Waals surface area contributed by atoms with Crippen LogP contribution in [0.4, 0.5) is 0 Å². The number of H-pyrrole nitrogens is 1. The first kappa shape index (κ1) is 15.4. The van der Waals surface area contributed by atoms with Crippen LogP contribution in [0, 0.1) is 0 Å². The Morgan fingerprint density at radius 2 is 1.92 bits per heavy atom. The van der Waals surface area contributed by atoms with Gasteiger partial charge in [0.1, 0.15) is 0 Å². The van der Waals surface area contributed by atoms with Crippen molar-refractivity contribution < 1.29 is 14.3 Å². The molecule has 0 aliphatic carbocycles. The van der Waals surface area contributed by atoms with E-state index >= 15 is 0 Å². The van der Waals surface area contributed by atoms with Gasteiger partial charge in [-0.25, -0.2) is 10.2 Å². The Bertz CT molecular complexity index is 913. The third-order valence-corrected chi connectivity index (χ3v) is 3.40. The molecule has 7 nitrogen and oxygen atoms in total. The van der Waals surface area contributed by atoms with Crippen LogP contribution < -0.4 is 5.43 Å². The molecule has 0 aliphatic heterocycles. The van der Waals surface area contributed by atoms with Crippen molar-refractivity contribution in [2.24, 2.45) is 5.10 Å². The summed E-state index contributed by atoms with van der Waals surface area (Å²) in [5.41, 5.74) is 4.67. The van der Waals surface area contributed by atoms with Gasteiger partial charge in [0.25, 0.3) is 5.91 Å². The van der Waals surface area contributed by atoms with E-state index in [1.54, 1.807) is 24.3 Å². The van der Waals surface area contributed by atoms with Gasteiger partial charge in [-0.1, -0.05) is 30.3 Å². The number of rotatable bonds is 4. The van der Waals surface area contributed by atoms with Crippen LogP contribution in [0.2, 0.25) is 0 Å². The number of nitrogens with one attached hydrogen (secondary N) is 2. The molecule has 1 amide bonds. The molecule has 0 fully saturated rings. The van der Waals surface area contributed by atoms with Gasteiger partial charge in [0.05, 0.1) is 24.4 Å². The maximum atomic E-state index is 12.1. The molecule has 0 spiro atoms. The molecule has 0 saturated heterocycles. The summed E-state index contributed by atoms with van der Waals surface area (Å²) < 4.78 is 4.63. The summed E-state index contributed by atoms with van der Waals surface area (Å²) in [5, 5.41) is 11.4. The monoisotopic (exact) mass is 322 g/mol. The molecule has 1 aromatic heterocycles. The van der Waals surface area contributed by atoms with Crippen LogP contribution in [0.1, 0.15) is 26.4 Å². The SMILES string of the molecule is COC(=O)c1ccc(/C=N/NC(=O)c2n[nH]c3ccccc23)cc1. The zero-order valence-corrected chi connectivity index (χ0v) is 12.8. The van der Waals surface area contributed by atoms with Gasteiger partial charge >= 0.3 is 5.97 Å². The van der Waals surface area contributed by atoms with Crippen molar-refractivity contribution in [3.8, 4) is 0 Å². The first-order chi connectivity index (χ1) is 11.7. The summed E-state index contributed by atoms with van der Waals surface area (Å²) in [6.07, 6.45) is 1.48. The molecule has 0 radical (unpaired) electrons. The van der Waals surface area contributed by atoms with Crippen molar-refractivity contribution >= 4 is 29.0 Å². The fourth-order valence-electron chi connectivity index (χ4n) is 2.18. The number of nitrogens with zero attached hydrogens (tertiary/aromatic N) is 2. The maximum absolute atomic E-state index is 12.1. The van der Waals surface area contributed by atoms with Crippen LogP contribution in [0.25, 0.3) is 10.9 Å². The van der Waals surface area contributed by atoms with Gasteiger partial charge in [-0.2, -0.15) is 10.2 Å². The second-order valence-electron chi connectivity index (χ2n) is 4.93. The minimum absolute atomic E-state index is 0.281. The Kier molecular flexibility index (Phi) is 4.33. The molecule has 3 aromatic rings. The van der Waals surface area contributed by atoms with Crippen LogP contribution in [-0.2, 0) is 4.74 Å². The predicted molar refractivity (Wildman–Crippen MR) is 88.9 cm³/mol. The number of hydrogen-bond acceptors (Lipinski definition) is 5. The number of esters is 1. The second-order valence-corrected chi connectivity index (χ2v) is 4.93. The molecule has 0 unspecified atom stereocenters. The number of carbonyl (C=O) groups is 2. The molecule has 0 saturated carbocycles. The highest BCUT2D eigenvalue weighted by molar-refractivity contribution is 6.04. The molecule has 120 valence electrons. The first-order valence-electron chi connectivity index (χ1n) is 7.14. The number of para-hydroxylation sites is 1. The van der Waals surface area contributed by atoms with Crippen molar-refractivity contribution in [1.82, 2.24) is 15.6 Å². The summed E-state index contributed by atoms with van der Waals surface area (Å²) in [5.74, 6) is -0.813. The number of carbonyl (C=O) groups excluding carboxylic acids is 2. The molecule has 3 rings (SSSR count). The van der Waals surface area contributed by atoms with Gasteiger partial charge in [0.2, 0.25) is 0 Å². The van der Waals surface area contributed by atoms with Crippen molar-refractivity contribution in [3.05, 3.63) is 65.4 Å². The van der Waals surface area contributed by atoms with Crippen LogP contribution in [-0.4, -0.2) is 35.4 Å². The first-order valence-corrected chi connectivity index (χ1v) is 7.14. The number of hydrazone groups is 1. The standard InChI is InChI=1S/C17H14N4O3/c1-24-17(23)12-8-6-11(7-9-12)10-18-21-16(22)15-13-4-2-3-5-14(13)19-20-15/h2-10H,1H3,(H,19,20)(H,21,22)/b18-10+. The van der Waals surface area contributed by atoms with E-state index in [2.05, 4.69) is 25.5 Å². The van der Waals surface area contributed by atoms with E-state index in [4.69, 9.17) is 0 Å². The highest BCUT2D eigenvalue weighted by atomic mass is 16.5. The van der Waals surface area contributed by atoms with E-state index in [-0.39, 0.29) is 5.69 Å². The number of aromatic amines is 1. The van der Waals surface area contributed by atoms with Gasteiger partial charge in [0, 0.05) is 5.39 Å². The minimum atomic E-state index is -0.408. The van der Waals surface area contributed by atoms with Crippen LogP contribution in [0.3, 0.4) is 0 Å². The Morgan fingerprint density at radius 3 is 2.67 bits per heavy atom. The Hall–Kier alpha value is -3.48. The fraction of sp³-hybridized carbons (Fsp3) is 0.0588. The molecule has 0 bridgehead atoms. The molecule has 2 aromatic carbocycles. The average Bonchev–Trinajstić information content (AvgIpc) is 3.06. The van der Waals surface area contributed by atoms with E-state index < -0.39 is 11.9 Å². The molecule has 24 heavy (non-hydrogen) atoms.